The summed E-state index contributed by atoms with van der Waals surface area (Å²) in [5.41, 5.74) is 1.10. The van der Waals surface area contributed by atoms with Gasteiger partial charge in [-0.25, -0.2) is 4.98 Å². The van der Waals surface area contributed by atoms with E-state index >= 15 is 0 Å². The Hall–Kier alpha value is -2.15. The molecule has 0 spiro atoms. The van der Waals surface area contributed by atoms with Crippen LogP contribution >= 0.6 is 22.9 Å². The maximum Gasteiger partial charge on any atom is 0.264 e. The van der Waals surface area contributed by atoms with Gasteiger partial charge in [-0.05, 0) is 43.2 Å². The fourth-order valence-corrected chi connectivity index (χ4v) is 3.67. The molecule has 0 aliphatic carbocycles. The van der Waals surface area contributed by atoms with Crippen LogP contribution in [0.15, 0.2) is 54.2 Å². The molecule has 7 heteroatoms. The zero-order valence-electron chi connectivity index (χ0n) is 15.5. The number of carbonyl (C=O) groups excluding carboxylic acids is 1. The molecule has 1 aromatic carbocycles. The van der Waals surface area contributed by atoms with Crippen molar-refractivity contribution >= 4 is 28.8 Å². The number of imidazole rings is 1. The van der Waals surface area contributed by atoms with E-state index in [0.29, 0.717) is 19.6 Å². The molecule has 0 fully saturated rings. The summed E-state index contributed by atoms with van der Waals surface area (Å²) in [7, 11) is 4.02. The molecular formula is C20H23ClN4OS. The monoisotopic (exact) mass is 402 g/mol. The Morgan fingerprint density at radius 3 is 2.78 bits per heavy atom. The number of aromatic nitrogens is 2. The highest BCUT2D eigenvalue weighted by atomic mass is 35.5. The van der Waals surface area contributed by atoms with Crippen LogP contribution in [-0.2, 0) is 13.1 Å². The maximum absolute atomic E-state index is 12.9. The minimum Gasteiger partial charge on any atom is -0.329 e. The van der Waals surface area contributed by atoms with Crippen molar-refractivity contribution in [2.24, 2.45) is 0 Å². The van der Waals surface area contributed by atoms with Gasteiger partial charge in [0.25, 0.3) is 5.91 Å². The second kappa shape index (κ2) is 9.17. The molecule has 27 heavy (non-hydrogen) atoms. The molecular weight excluding hydrogens is 380 g/mol. The summed E-state index contributed by atoms with van der Waals surface area (Å²) in [6.07, 6.45) is 3.72. The molecule has 3 aromatic rings. The number of hydrogen-bond acceptors (Lipinski definition) is 4. The number of nitrogens with zero attached hydrogens (tertiary/aromatic N) is 4. The Kier molecular flexibility index (Phi) is 6.66. The van der Waals surface area contributed by atoms with Crippen molar-refractivity contribution in [3.63, 3.8) is 0 Å². The topological polar surface area (TPSA) is 41.4 Å². The van der Waals surface area contributed by atoms with Gasteiger partial charge in [-0.1, -0.05) is 29.8 Å². The van der Waals surface area contributed by atoms with Gasteiger partial charge in [0.15, 0.2) is 0 Å². The first-order valence-corrected chi connectivity index (χ1v) is 10.0. The minimum atomic E-state index is 0.0455. The van der Waals surface area contributed by atoms with Gasteiger partial charge in [0.2, 0.25) is 0 Å². The van der Waals surface area contributed by atoms with E-state index in [4.69, 9.17) is 11.6 Å². The Bertz CT molecular complexity index is 876. The van der Waals surface area contributed by atoms with E-state index in [1.165, 1.54) is 11.3 Å². The minimum absolute atomic E-state index is 0.0455. The normalized spacial score (nSPS) is 11.1. The van der Waals surface area contributed by atoms with Crippen molar-refractivity contribution in [1.82, 2.24) is 19.4 Å². The van der Waals surface area contributed by atoms with Gasteiger partial charge in [0, 0.05) is 37.1 Å². The Morgan fingerprint density at radius 1 is 1.22 bits per heavy atom. The van der Waals surface area contributed by atoms with Crippen molar-refractivity contribution in [2.75, 3.05) is 27.2 Å². The fourth-order valence-electron chi connectivity index (χ4n) is 2.77. The molecule has 0 unspecified atom stereocenters. The van der Waals surface area contributed by atoms with Crippen LogP contribution < -0.4 is 0 Å². The highest BCUT2D eigenvalue weighted by molar-refractivity contribution is 7.12. The highest BCUT2D eigenvalue weighted by Gasteiger charge is 2.19. The number of likely N-dealkylation sites (N-methyl/N-ethyl adjacent to an activating group) is 1. The molecule has 0 saturated carbocycles. The lowest BCUT2D eigenvalue weighted by Gasteiger charge is -2.24. The van der Waals surface area contributed by atoms with Gasteiger partial charge in [0.05, 0.1) is 11.4 Å². The molecule has 0 atom stereocenters. The Balaban J connectivity index is 1.77. The SMILES string of the molecule is CN(C)CCN(Cc1nccn1Cc1cccc(Cl)c1)C(=O)c1cccs1. The number of halogens is 1. The number of rotatable bonds is 8. The molecule has 0 aliphatic heterocycles. The number of hydrogen-bond donors (Lipinski definition) is 0. The van der Waals surface area contributed by atoms with Crippen molar-refractivity contribution in [3.8, 4) is 0 Å². The molecule has 1 amide bonds. The molecule has 2 heterocycles. The lowest BCUT2D eigenvalue weighted by molar-refractivity contribution is 0.0731. The van der Waals surface area contributed by atoms with E-state index in [1.54, 1.807) is 6.20 Å². The summed E-state index contributed by atoms with van der Waals surface area (Å²) >= 11 is 7.57. The van der Waals surface area contributed by atoms with E-state index in [2.05, 4.69) is 14.5 Å². The van der Waals surface area contributed by atoms with Crippen LogP contribution in [-0.4, -0.2) is 52.4 Å². The van der Waals surface area contributed by atoms with E-state index < -0.39 is 0 Å². The molecule has 5 nitrogen and oxygen atoms in total. The van der Waals surface area contributed by atoms with E-state index in [9.17, 15) is 4.79 Å². The predicted molar refractivity (Wildman–Crippen MR) is 110 cm³/mol. The van der Waals surface area contributed by atoms with Crippen LogP contribution in [0, 0.1) is 0 Å². The molecule has 0 N–H and O–H groups in total. The molecule has 0 radical (unpaired) electrons. The number of benzene rings is 1. The third-order valence-electron chi connectivity index (χ3n) is 4.21. The quantitative estimate of drug-likeness (QED) is 0.574. The summed E-state index contributed by atoms with van der Waals surface area (Å²) < 4.78 is 2.07. The zero-order chi connectivity index (χ0) is 19.2. The maximum atomic E-state index is 12.9. The van der Waals surface area contributed by atoms with Gasteiger partial charge in [0.1, 0.15) is 5.82 Å². The second-order valence-electron chi connectivity index (χ2n) is 6.61. The number of carbonyl (C=O) groups is 1. The van der Waals surface area contributed by atoms with Crippen LogP contribution in [0.4, 0.5) is 0 Å². The van der Waals surface area contributed by atoms with Crippen LogP contribution in [0.1, 0.15) is 21.1 Å². The summed E-state index contributed by atoms with van der Waals surface area (Å²) in [6, 6.07) is 11.6. The number of amides is 1. The Morgan fingerprint density at radius 2 is 2.07 bits per heavy atom. The van der Waals surface area contributed by atoms with Crippen molar-refractivity contribution < 1.29 is 4.79 Å². The van der Waals surface area contributed by atoms with E-state index in [1.807, 2.05) is 67.0 Å². The third kappa shape index (κ3) is 5.42. The first kappa shape index (κ1) is 19.6. The molecule has 0 saturated heterocycles. The van der Waals surface area contributed by atoms with E-state index in [0.717, 1.165) is 27.8 Å². The number of thiophene rings is 1. The predicted octanol–water partition coefficient (Wildman–Crippen LogP) is 3.85. The first-order chi connectivity index (χ1) is 13.0. The van der Waals surface area contributed by atoms with Gasteiger partial charge >= 0.3 is 0 Å². The first-order valence-electron chi connectivity index (χ1n) is 8.75. The van der Waals surface area contributed by atoms with Crippen molar-refractivity contribution in [2.45, 2.75) is 13.1 Å². The van der Waals surface area contributed by atoms with Crippen molar-refractivity contribution in [3.05, 3.63) is 75.5 Å². The third-order valence-corrected chi connectivity index (χ3v) is 5.31. The van der Waals surface area contributed by atoms with Gasteiger partial charge in [-0.2, -0.15) is 0 Å². The zero-order valence-corrected chi connectivity index (χ0v) is 17.1. The Labute approximate surface area is 168 Å². The average Bonchev–Trinajstić information content (AvgIpc) is 3.30. The van der Waals surface area contributed by atoms with Crippen molar-refractivity contribution in [1.29, 1.82) is 0 Å². The van der Waals surface area contributed by atoms with Gasteiger partial charge in [-0.3, -0.25) is 4.79 Å². The van der Waals surface area contributed by atoms with Crippen LogP contribution in [0.5, 0.6) is 0 Å². The average molecular weight is 403 g/mol. The summed E-state index contributed by atoms with van der Waals surface area (Å²) in [5.74, 6) is 0.905. The molecule has 0 bridgehead atoms. The van der Waals surface area contributed by atoms with Crippen LogP contribution in [0.2, 0.25) is 5.02 Å². The smallest absolute Gasteiger partial charge is 0.264 e. The van der Waals surface area contributed by atoms with Crippen LogP contribution in [0.25, 0.3) is 0 Å². The second-order valence-corrected chi connectivity index (χ2v) is 7.99. The van der Waals surface area contributed by atoms with Crippen LogP contribution in [0.3, 0.4) is 0 Å². The molecule has 2 aromatic heterocycles. The van der Waals surface area contributed by atoms with E-state index in [-0.39, 0.29) is 5.91 Å². The molecule has 142 valence electrons. The highest BCUT2D eigenvalue weighted by Crippen LogP contribution is 2.16. The standard InChI is InChI=1S/C20H23ClN4OS/c1-23(2)10-11-25(20(26)18-7-4-12-27-18)15-19-22-8-9-24(19)14-16-5-3-6-17(21)13-16/h3-9,12-13H,10-11,14-15H2,1-2H3. The lowest BCUT2D eigenvalue weighted by atomic mass is 10.2. The molecule has 3 rings (SSSR count). The lowest BCUT2D eigenvalue weighted by Crippen LogP contribution is -2.36. The summed E-state index contributed by atoms with van der Waals surface area (Å²) in [4.78, 5) is 22.1. The largest absolute Gasteiger partial charge is 0.329 e. The fraction of sp³-hybridized carbons (Fsp3) is 0.300. The summed E-state index contributed by atoms with van der Waals surface area (Å²) in [5, 5.41) is 2.65. The van der Waals surface area contributed by atoms with Gasteiger partial charge in [-0.15, -0.1) is 11.3 Å². The summed E-state index contributed by atoms with van der Waals surface area (Å²) in [6.45, 7) is 2.59. The molecule has 0 aliphatic rings. The van der Waals surface area contributed by atoms with Gasteiger partial charge < -0.3 is 14.4 Å².